The third kappa shape index (κ3) is 12.6. The van der Waals surface area contributed by atoms with E-state index in [-0.39, 0.29) is 73.1 Å². The Balaban J connectivity index is 0.772. The van der Waals surface area contributed by atoms with Gasteiger partial charge in [0.2, 0.25) is 0 Å². The van der Waals surface area contributed by atoms with Crippen LogP contribution in [0.15, 0.2) is 279 Å². The molecule has 20 heteroatoms. The number of benzene rings is 12. The first kappa shape index (κ1) is 65.8. The molecule has 0 amide bonds. The molecule has 0 aliphatic rings. The molecule has 104 heavy (non-hydrogen) atoms. The van der Waals surface area contributed by atoms with E-state index in [1.807, 2.05) is 6.07 Å². The lowest BCUT2D eigenvalue weighted by Gasteiger charge is -2.20. The highest BCUT2D eigenvalue weighted by Crippen LogP contribution is 2.48. The molecule has 0 saturated carbocycles. The normalized spacial score (nSPS) is 12.2. The second-order valence-corrected chi connectivity index (χ2v) is 24.6. The number of aromatic nitrogens is 8. The van der Waals surface area contributed by atoms with E-state index < -0.39 is 63.6 Å². The highest BCUT2D eigenvalue weighted by atomic mass is 19.4. The van der Waals surface area contributed by atoms with Crippen molar-refractivity contribution in [2.75, 3.05) is 0 Å². The summed E-state index contributed by atoms with van der Waals surface area (Å²) < 4.78 is 181. The summed E-state index contributed by atoms with van der Waals surface area (Å²) in [5, 5.41) is 0. The van der Waals surface area contributed by atoms with Crippen molar-refractivity contribution in [3.63, 3.8) is 0 Å². The zero-order valence-electron chi connectivity index (χ0n) is 53.7. The van der Waals surface area contributed by atoms with Crippen LogP contribution in [-0.4, -0.2) is 39.9 Å². The predicted octanol–water partition coefficient (Wildman–Crippen LogP) is 23.9. The minimum absolute atomic E-state index is 0.0125. The molecule has 16 rings (SSSR count). The van der Waals surface area contributed by atoms with E-state index >= 15 is 26.3 Å². The van der Waals surface area contributed by atoms with Crippen molar-refractivity contribution >= 4 is 44.1 Å². The molecule has 8 nitrogen and oxygen atoms in total. The third-order valence-corrected chi connectivity index (χ3v) is 18.0. The van der Waals surface area contributed by atoms with Crippen LogP contribution in [0.1, 0.15) is 22.3 Å². The van der Waals surface area contributed by atoms with Crippen LogP contribution in [0.3, 0.4) is 0 Å². The monoisotopic (exact) mass is 1390 g/mol. The van der Waals surface area contributed by atoms with Crippen LogP contribution in [0.25, 0.3) is 168 Å². The van der Waals surface area contributed by atoms with Gasteiger partial charge in [0, 0.05) is 44.5 Å². The van der Waals surface area contributed by atoms with Crippen LogP contribution in [0.2, 0.25) is 0 Å². The SMILES string of the molecule is FC(F)(F)c1cccc(-c2nc3cc(-c4ccc5nc(-c6ccc(-c7ccc(-c8nc9cc(-c%10ccc%11nc(-c%12ccccc%12C(F)(F)F)c(-c%12ccccc%12)nc%11c%10)ccc9nc8-c8ccccc8)c(C(F)(F)F)c7)c(C(F)(F)F)c6)c(-c6ccccc6)nc5c4)ccc3nc2-c2ccccc2)c1. The van der Waals surface area contributed by atoms with Crippen molar-refractivity contribution in [3.05, 3.63) is 301 Å². The lowest BCUT2D eigenvalue weighted by atomic mass is 9.91. The Morgan fingerprint density at radius 1 is 0.163 bits per heavy atom. The van der Waals surface area contributed by atoms with E-state index in [4.69, 9.17) is 39.9 Å². The fourth-order valence-corrected chi connectivity index (χ4v) is 13.0. The predicted molar refractivity (Wildman–Crippen MR) is 379 cm³/mol. The summed E-state index contributed by atoms with van der Waals surface area (Å²) >= 11 is 0. The average molecular weight is 1400 g/mol. The molecule has 0 bridgehead atoms. The van der Waals surface area contributed by atoms with Crippen molar-refractivity contribution in [2.45, 2.75) is 24.7 Å². The van der Waals surface area contributed by atoms with Gasteiger partial charge >= 0.3 is 24.7 Å². The fraction of sp³-hybridized carbons (Fsp3) is 0.0476. The molecule has 16 aromatic rings. The molecule has 0 atom stereocenters. The number of nitrogens with zero attached hydrogens (tertiary/aromatic N) is 8. The largest absolute Gasteiger partial charge is 0.417 e. The molecular formula is C84H46F12N8. The Morgan fingerprint density at radius 2 is 0.442 bits per heavy atom. The van der Waals surface area contributed by atoms with Crippen molar-refractivity contribution in [1.29, 1.82) is 0 Å². The topological polar surface area (TPSA) is 103 Å². The summed E-state index contributed by atoms with van der Waals surface area (Å²) in [7, 11) is 0. The van der Waals surface area contributed by atoms with E-state index in [1.165, 1.54) is 36.4 Å². The van der Waals surface area contributed by atoms with E-state index in [2.05, 4.69) is 0 Å². The lowest BCUT2D eigenvalue weighted by molar-refractivity contribution is -0.138. The van der Waals surface area contributed by atoms with Gasteiger partial charge in [-0.2, -0.15) is 52.7 Å². The first-order chi connectivity index (χ1) is 50.0. The molecule has 0 aliphatic heterocycles. The van der Waals surface area contributed by atoms with E-state index in [0.29, 0.717) is 83.9 Å². The van der Waals surface area contributed by atoms with Crippen LogP contribution >= 0.6 is 0 Å². The zero-order chi connectivity index (χ0) is 71.8. The van der Waals surface area contributed by atoms with Crippen molar-refractivity contribution in [1.82, 2.24) is 39.9 Å². The Kier molecular flexibility index (Phi) is 16.2. The van der Waals surface area contributed by atoms with Gasteiger partial charge in [0.15, 0.2) is 0 Å². The second-order valence-electron chi connectivity index (χ2n) is 24.6. The lowest BCUT2D eigenvalue weighted by Crippen LogP contribution is -2.11. The summed E-state index contributed by atoms with van der Waals surface area (Å²) in [6, 6.07) is 71.3. The number of halogens is 12. The zero-order valence-corrected chi connectivity index (χ0v) is 53.7. The van der Waals surface area contributed by atoms with Crippen LogP contribution in [-0.2, 0) is 24.7 Å². The Bertz CT molecular complexity index is 6050. The van der Waals surface area contributed by atoms with Gasteiger partial charge in [0.1, 0.15) is 0 Å². The summed E-state index contributed by atoms with van der Waals surface area (Å²) in [5.74, 6) is 0. The standard InChI is InChI=1S/C84H46F12N8/c85-81(86,87)58-25-15-24-56(40-58)77-73(47-16-5-1-6-17-47)97-65-36-30-52(44-70(65)103-77)51-31-37-66-69(43-51)101-74(48-18-7-2-8-19-48)78(99-66)57-29-34-59(63(42-57)83(91,92)93)55-28-35-61(64(41-55)84(94,95)96)80-75(49-20-9-3-10-21-49)98-67-38-32-54(46-72(67)104-80)53-33-39-68-71(45-53)102-76(50-22-11-4-12-23-50)79(100-68)60-26-13-14-27-62(60)82(88,89)90/h1-46H. The molecule has 12 aromatic carbocycles. The van der Waals surface area contributed by atoms with E-state index in [0.717, 1.165) is 36.4 Å². The van der Waals surface area contributed by atoms with Crippen molar-refractivity contribution in [3.8, 4) is 123 Å². The quantitative estimate of drug-likeness (QED) is 0.118. The van der Waals surface area contributed by atoms with Gasteiger partial charge in [-0.25, -0.2) is 39.9 Å². The molecular weight excluding hydrogens is 1350 g/mol. The van der Waals surface area contributed by atoms with Gasteiger partial charge in [-0.3, -0.25) is 0 Å². The van der Waals surface area contributed by atoms with Crippen LogP contribution in [0.5, 0.6) is 0 Å². The highest BCUT2D eigenvalue weighted by Gasteiger charge is 2.39. The molecule has 0 saturated heterocycles. The van der Waals surface area contributed by atoms with Gasteiger partial charge in [0.05, 0.1) is 112 Å². The minimum Gasteiger partial charge on any atom is -0.244 e. The summed E-state index contributed by atoms with van der Waals surface area (Å²) in [4.78, 5) is 39.2. The van der Waals surface area contributed by atoms with Gasteiger partial charge in [-0.15, -0.1) is 0 Å². The maximum atomic E-state index is 16.0. The van der Waals surface area contributed by atoms with E-state index in [1.54, 1.807) is 194 Å². The number of rotatable bonds is 11. The second kappa shape index (κ2) is 25.7. The average Bonchev–Trinajstić information content (AvgIpc) is 0.759. The molecule has 0 N–H and O–H groups in total. The van der Waals surface area contributed by atoms with Gasteiger partial charge in [-0.1, -0.05) is 200 Å². The number of fused-ring (bicyclic) bond motifs is 4. The van der Waals surface area contributed by atoms with Gasteiger partial charge in [0.25, 0.3) is 0 Å². The number of hydrogen-bond donors (Lipinski definition) is 0. The molecule has 0 spiro atoms. The highest BCUT2D eigenvalue weighted by molar-refractivity contribution is 5.96. The van der Waals surface area contributed by atoms with Gasteiger partial charge in [-0.05, 0) is 112 Å². The molecule has 0 unspecified atom stereocenters. The molecule has 4 aromatic heterocycles. The molecule has 4 heterocycles. The maximum absolute atomic E-state index is 16.0. The number of alkyl halides is 12. The maximum Gasteiger partial charge on any atom is 0.417 e. The first-order valence-electron chi connectivity index (χ1n) is 32.3. The minimum atomic E-state index is -5.17. The van der Waals surface area contributed by atoms with E-state index in [9.17, 15) is 26.3 Å². The Labute approximate surface area is 583 Å². The molecule has 506 valence electrons. The van der Waals surface area contributed by atoms with Crippen molar-refractivity contribution < 1.29 is 52.7 Å². The summed E-state index contributed by atoms with van der Waals surface area (Å²) in [6.07, 6.45) is -19.6. The Hall–Kier alpha value is -12.8. The van der Waals surface area contributed by atoms with Crippen LogP contribution < -0.4 is 0 Å². The van der Waals surface area contributed by atoms with Gasteiger partial charge < -0.3 is 0 Å². The smallest absolute Gasteiger partial charge is 0.244 e. The third-order valence-electron chi connectivity index (χ3n) is 18.0. The van der Waals surface area contributed by atoms with Crippen LogP contribution in [0.4, 0.5) is 52.7 Å². The molecule has 0 fully saturated rings. The molecule has 0 aliphatic carbocycles. The Morgan fingerprint density at radius 3 is 0.846 bits per heavy atom. The number of hydrogen-bond acceptors (Lipinski definition) is 8. The van der Waals surface area contributed by atoms with Crippen LogP contribution in [0, 0.1) is 0 Å². The first-order valence-corrected chi connectivity index (χ1v) is 32.3. The summed E-state index contributed by atoms with van der Waals surface area (Å²) in [5.41, 5.74) is 1.96. The summed E-state index contributed by atoms with van der Waals surface area (Å²) in [6.45, 7) is 0. The fourth-order valence-electron chi connectivity index (χ4n) is 13.0. The van der Waals surface area contributed by atoms with Crippen molar-refractivity contribution in [2.24, 2.45) is 0 Å². The molecule has 0 radical (unpaired) electrons.